The van der Waals surface area contributed by atoms with Gasteiger partial charge >= 0.3 is 0 Å². The molecule has 2 rings (SSSR count). The Kier molecular flexibility index (Phi) is 7.32. The van der Waals surface area contributed by atoms with Gasteiger partial charge in [-0.3, -0.25) is 14.4 Å². The molecule has 2 aromatic carbocycles. The molecule has 148 valence electrons. The number of rotatable bonds is 7. The van der Waals surface area contributed by atoms with Gasteiger partial charge in [0.2, 0.25) is 11.8 Å². The van der Waals surface area contributed by atoms with Crippen LogP contribution >= 0.6 is 0 Å². The summed E-state index contributed by atoms with van der Waals surface area (Å²) < 4.78 is 0. The number of likely N-dealkylation sites (N-methyl/N-ethyl adjacent to an activating group) is 1. The Balaban J connectivity index is 1.83. The third kappa shape index (κ3) is 5.94. The lowest BCUT2D eigenvalue weighted by molar-refractivity contribution is -0.133. The third-order valence-corrected chi connectivity index (χ3v) is 4.58. The minimum atomic E-state index is -0.343. The fourth-order valence-corrected chi connectivity index (χ4v) is 2.75. The number of benzene rings is 2. The molecule has 0 radical (unpaired) electrons. The Morgan fingerprint density at radius 1 is 1.00 bits per heavy atom. The molecule has 0 saturated heterocycles. The van der Waals surface area contributed by atoms with Crippen molar-refractivity contribution < 1.29 is 14.4 Å². The molecule has 1 atom stereocenters. The van der Waals surface area contributed by atoms with Crippen LogP contribution in [0.1, 0.15) is 34.8 Å². The number of amides is 3. The maximum absolute atomic E-state index is 12.4. The van der Waals surface area contributed by atoms with E-state index in [2.05, 4.69) is 10.6 Å². The van der Waals surface area contributed by atoms with Crippen LogP contribution in [0.3, 0.4) is 0 Å². The molecule has 1 unspecified atom stereocenters. The summed E-state index contributed by atoms with van der Waals surface area (Å²) in [5.74, 6) is -0.696. The first kappa shape index (κ1) is 21.2. The monoisotopic (exact) mass is 381 g/mol. The molecule has 0 spiro atoms. The fraction of sp³-hybridized carbons (Fsp3) is 0.318. The molecule has 6 heteroatoms. The number of aryl methyl sites for hydroxylation is 1. The fourth-order valence-electron chi connectivity index (χ4n) is 2.75. The minimum absolute atomic E-state index is 0.0500. The second-order valence-electron chi connectivity index (χ2n) is 6.99. The van der Waals surface area contributed by atoms with Crippen LogP contribution in [0.25, 0.3) is 0 Å². The summed E-state index contributed by atoms with van der Waals surface area (Å²) in [5.41, 5.74) is 3.38. The maximum atomic E-state index is 12.4. The quantitative estimate of drug-likeness (QED) is 0.774. The SMILES string of the molecule is Cc1cccc(NC(=O)CN(C)C(=O)CC(C)NC(=O)c2ccccc2)c1C. The van der Waals surface area contributed by atoms with E-state index in [4.69, 9.17) is 0 Å². The Labute approximate surface area is 165 Å². The lowest BCUT2D eigenvalue weighted by atomic mass is 10.1. The van der Waals surface area contributed by atoms with E-state index in [1.807, 2.05) is 38.1 Å². The van der Waals surface area contributed by atoms with Gasteiger partial charge in [-0.1, -0.05) is 30.3 Å². The molecule has 0 fully saturated rings. The van der Waals surface area contributed by atoms with Crippen LogP contribution in [0.2, 0.25) is 0 Å². The predicted octanol–water partition coefficient (Wildman–Crippen LogP) is 2.91. The van der Waals surface area contributed by atoms with Crippen LogP contribution in [0.15, 0.2) is 48.5 Å². The van der Waals surface area contributed by atoms with Gasteiger partial charge in [0.1, 0.15) is 0 Å². The van der Waals surface area contributed by atoms with Crippen molar-refractivity contribution in [1.29, 1.82) is 0 Å². The highest BCUT2D eigenvalue weighted by atomic mass is 16.2. The van der Waals surface area contributed by atoms with Gasteiger partial charge in [0.25, 0.3) is 5.91 Å². The van der Waals surface area contributed by atoms with Crippen molar-refractivity contribution in [2.24, 2.45) is 0 Å². The van der Waals surface area contributed by atoms with Crippen LogP contribution in [0, 0.1) is 13.8 Å². The molecule has 2 N–H and O–H groups in total. The van der Waals surface area contributed by atoms with Crippen molar-refractivity contribution in [3.05, 3.63) is 65.2 Å². The van der Waals surface area contributed by atoms with Crippen molar-refractivity contribution in [2.45, 2.75) is 33.2 Å². The number of nitrogens with one attached hydrogen (secondary N) is 2. The van der Waals surface area contributed by atoms with Gasteiger partial charge in [0.15, 0.2) is 0 Å². The minimum Gasteiger partial charge on any atom is -0.349 e. The molecule has 0 aliphatic heterocycles. The molecule has 0 aliphatic rings. The molecule has 0 bridgehead atoms. The van der Waals surface area contributed by atoms with E-state index in [0.717, 1.165) is 16.8 Å². The first-order valence-corrected chi connectivity index (χ1v) is 9.24. The molecule has 0 aromatic heterocycles. The molecule has 28 heavy (non-hydrogen) atoms. The van der Waals surface area contributed by atoms with Crippen molar-refractivity contribution in [3.63, 3.8) is 0 Å². The van der Waals surface area contributed by atoms with Crippen LogP contribution in [-0.2, 0) is 9.59 Å². The highest BCUT2D eigenvalue weighted by Gasteiger charge is 2.18. The standard InChI is InChI=1S/C22H27N3O3/c1-15-9-8-12-19(17(15)3)24-20(26)14-25(4)21(27)13-16(2)23-22(28)18-10-6-5-7-11-18/h5-12,16H,13-14H2,1-4H3,(H,23,28)(H,24,26). The topological polar surface area (TPSA) is 78.5 Å². The third-order valence-electron chi connectivity index (χ3n) is 4.58. The predicted molar refractivity (Wildman–Crippen MR) is 110 cm³/mol. The first-order valence-electron chi connectivity index (χ1n) is 9.24. The van der Waals surface area contributed by atoms with E-state index >= 15 is 0 Å². The number of carbonyl (C=O) groups excluding carboxylic acids is 3. The molecule has 0 saturated carbocycles. The van der Waals surface area contributed by atoms with Crippen LogP contribution in [0.5, 0.6) is 0 Å². The van der Waals surface area contributed by atoms with Gasteiger partial charge in [0, 0.05) is 30.8 Å². The van der Waals surface area contributed by atoms with Crippen molar-refractivity contribution in [3.8, 4) is 0 Å². The lowest BCUT2D eigenvalue weighted by Crippen LogP contribution is -2.40. The van der Waals surface area contributed by atoms with Crippen LogP contribution in [0.4, 0.5) is 5.69 Å². The van der Waals surface area contributed by atoms with Gasteiger partial charge in [0.05, 0.1) is 6.54 Å². The Bertz CT molecular complexity index is 849. The zero-order valence-corrected chi connectivity index (χ0v) is 16.8. The zero-order valence-electron chi connectivity index (χ0n) is 16.8. The van der Waals surface area contributed by atoms with Gasteiger partial charge in [-0.2, -0.15) is 0 Å². The number of hydrogen-bond donors (Lipinski definition) is 2. The smallest absolute Gasteiger partial charge is 0.251 e. The summed E-state index contributed by atoms with van der Waals surface area (Å²) in [5, 5.41) is 5.64. The molecule has 0 aliphatic carbocycles. The van der Waals surface area contributed by atoms with Gasteiger partial charge in [-0.05, 0) is 50.1 Å². The van der Waals surface area contributed by atoms with E-state index in [0.29, 0.717) is 5.56 Å². The van der Waals surface area contributed by atoms with Crippen LogP contribution < -0.4 is 10.6 Å². The second kappa shape index (κ2) is 9.69. The summed E-state index contributed by atoms with van der Waals surface area (Å²) in [4.78, 5) is 38.2. The molecule has 2 aromatic rings. The molecular formula is C22H27N3O3. The Morgan fingerprint density at radius 3 is 2.36 bits per heavy atom. The van der Waals surface area contributed by atoms with Crippen molar-refractivity contribution >= 4 is 23.4 Å². The normalized spacial score (nSPS) is 11.4. The van der Waals surface area contributed by atoms with Gasteiger partial charge in [-0.15, -0.1) is 0 Å². The number of anilines is 1. The van der Waals surface area contributed by atoms with E-state index < -0.39 is 0 Å². The highest BCUT2D eigenvalue weighted by Crippen LogP contribution is 2.17. The zero-order chi connectivity index (χ0) is 20.7. The summed E-state index contributed by atoms with van der Waals surface area (Å²) in [6, 6.07) is 14.2. The largest absolute Gasteiger partial charge is 0.349 e. The number of carbonyl (C=O) groups is 3. The van der Waals surface area contributed by atoms with Gasteiger partial charge in [-0.25, -0.2) is 0 Å². The average Bonchev–Trinajstić information content (AvgIpc) is 2.65. The molecular weight excluding hydrogens is 354 g/mol. The summed E-state index contributed by atoms with van der Waals surface area (Å²) in [7, 11) is 1.58. The number of hydrogen-bond acceptors (Lipinski definition) is 3. The van der Waals surface area contributed by atoms with E-state index in [1.165, 1.54) is 4.90 Å². The van der Waals surface area contributed by atoms with E-state index in [9.17, 15) is 14.4 Å². The summed E-state index contributed by atoms with van der Waals surface area (Å²) in [6.45, 7) is 5.64. The van der Waals surface area contributed by atoms with Crippen molar-refractivity contribution in [2.75, 3.05) is 18.9 Å². The number of nitrogens with zero attached hydrogens (tertiary/aromatic N) is 1. The lowest BCUT2D eigenvalue weighted by Gasteiger charge is -2.20. The second-order valence-corrected chi connectivity index (χ2v) is 6.99. The van der Waals surface area contributed by atoms with Crippen molar-refractivity contribution in [1.82, 2.24) is 10.2 Å². The first-order chi connectivity index (χ1) is 13.3. The Hall–Kier alpha value is -3.15. The molecule has 3 amide bonds. The summed E-state index contributed by atoms with van der Waals surface area (Å²) in [6.07, 6.45) is 0.117. The average molecular weight is 381 g/mol. The maximum Gasteiger partial charge on any atom is 0.251 e. The highest BCUT2D eigenvalue weighted by molar-refractivity contribution is 5.96. The van der Waals surface area contributed by atoms with Crippen LogP contribution in [-0.4, -0.2) is 42.3 Å². The van der Waals surface area contributed by atoms with Gasteiger partial charge < -0.3 is 15.5 Å². The Morgan fingerprint density at radius 2 is 1.68 bits per heavy atom. The summed E-state index contributed by atoms with van der Waals surface area (Å²) >= 11 is 0. The molecule has 0 heterocycles. The van der Waals surface area contributed by atoms with E-state index in [1.54, 1.807) is 38.2 Å². The van der Waals surface area contributed by atoms with E-state index in [-0.39, 0.29) is 36.7 Å². The molecule has 6 nitrogen and oxygen atoms in total.